The molecule has 0 amide bonds. The highest BCUT2D eigenvalue weighted by atomic mass is 14.9. The summed E-state index contributed by atoms with van der Waals surface area (Å²) in [7, 11) is 0. The first-order valence-corrected chi connectivity index (χ1v) is 10.8. The first kappa shape index (κ1) is 22.2. The Morgan fingerprint density at radius 1 is 0.714 bits per heavy atom. The Labute approximate surface area is 172 Å². The van der Waals surface area contributed by atoms with E-state index in [2.05, 4.69) is 95.1 Å². The lowest BCUT2D eigenvalue weighted by atomic mass is 9.95. The third-order valence-electron chi connectivity index (χ3n) is 5.40. The molecule has 2 aromatic carbocycles. The lowest BCUT2D eigenvalue weighted by Gasteiger charge is -2.12. The van der Waals surface area contributed by atoms with Gasteiger partial charge in [-0.2, -0.15) is 0 Å². The summed E-state index contributed by atoms with van der Waals surface area (Å²) in [6.45, 7) is 14.3. The number of nitrogens with two attached hydrogens (primary N) is 1. The fourth-order valence-corrected chi connectivity index (χ4v) is 3.59. The van der Waals surface area contributed by atoms with Crippen LogP contribution in [0, 0.1) is 11.8 Å². The smallest absolute Gasteiger partial charge is 0.247 e. The summed E-state index contributed by atoms with van der Waals surface area (Å²) in [5, 5.41) is 0. The van der Waals surface area contributed by atoms with Crippen molar-refractivity contribution in [3.05, 3.63) is 70.8 Å². The lowest BCUT2D eigenvalue weighted by Crippen LogP contribution is -2.77. The predicted octanol–water partition coefficient (Wildman–Crippen LogP) is 4.43. The van der Waals surface area contributed by atoms with Gasteiger partial charge in [0.15, 0.2) is 0 Å². The SMILES string of the molecule is CC(C)Cc1ccc([C@H](C)C(N)=[NH+]C[C@H](C)c2ccc(CC(C)C)cc2)cc1. The van der Waals surface area contributed by atoms with Crippen LogP contribution < -0.4 is 10.7 Å². The van der Waals surface area contributed by atoms with Gasteiger partial charge >= 0.3 is 0 Å². The van der Waals surface area contributed by atoms with Crippen LogP contribution in [0.15, 0.2) is 48.5 Å². The number of hydrogen-bond acceptors (Lipinski definition) is 0. The summed E-state index contributed by atoms with van der Waals surface area (Å²) >= 11 is 0. The Morgan fingerprint density at radius 2 is 1.14 bits per heavy atom. The molecule has 152 valence electrons. The molecule has 0 aliphatic rings. The Hall–Kier alpha value is -2.09. The van der Waals surface area contributed by atoms with Gasteiger partial charge in [0.2, 0.25) is 5.84 Å². The van der Waals surface area contributed by atoms with Gasteiger partial charge in [0.05, 0.1) is 12.5 Å². The van der Waals surface area contributed by atoms with Gasteiger partial charge in [0, 0.05) is 5.92 Å². The molecular formula is C26H39N2+. The molecule has 2 rings (SSSR count). The van der Waals surface area contributed by atoms with E-state index in [-0.39, 0.29) is 5.92 Å². The minimum atomic E-state index is 0.203. The molecule has 0 radical (unpaired) electrons. The third kappa shape index (κ3) is 6.82. The van der Waals surface area contributed by atoms with Crippen LogP contribution in [0.4, 0.5) is 0 Å². The van der Waals surface area contributed by atoms with Crippen LogP contribution in [-0.4, -0.2) is 12.4 Å². The molecule has 0 aliphatic heterocycles. The molecule has 2 aromatic rings. The molecule has 2 nitrogen and oxygen atoms in total. The Kier molecular flexibility index (Phi) is 8.29. The summed E-state index contributed by atoms with van der Waals surface area (Å²) in [6.07, 6.45) is 2.26. The van der Waals surface area contributed by atoms with Crippen LogP contribution in [0.3, 0.4) is 0 Å². The van der Waals surface area contributed by atoms with Gasteiger partial charge in [-0.05, 0) is 53.9 Å². The van der Waals surface area contributed by atoms with Gasteiger partial charge < -0.3 is 0 Å². The number of amidine groups is 1. The summed E-state index contributed by atoms with van der Waals surface area (Å²) in [4.78, 5) is 3.47. The fraction of sp³-hybridized carbons (Fsp3) is 0.500. The van der Waals surface area contributed by atoms with E-state index in [1.165, 1.54) is 22.3 Å². The predicted molar refractivity (Wildman–Crippen MR) is 122 cm³/mol. The van der Waals surface area contributed by atoms with Crippen molar-refractivity contribution >= 4 is 5.84 Å². The average Bonchev–Trinajstić information content (AvgIpc) is 2.65. The minimum Gasteiger partial charge on any atom is -0.291 e. The standard InChI is InChI=1S/C26H38N2/c1-18(2)15-22-7-11-24(12-8-22)20(5)17-28-26(27)21(6)25-13-9-23(10-14-25)16-19(3)4/h7-14,18-21H,15-17H2,1-6H3,(H2,27,28)/p+1/t20-,21-/m0/s1. The van der Waals surface area contributed by atoms with Crippen LogP contribution >= 0.6 is 0 Å². The van der Waals surface area contributed by atoms with Crippen LogP contribution in [0.1, 0.15) is 75.6 Å². The zero-order valence-electron chi connectivity index (χ0n) is 18.6. The quantitative estimate of drug-likeness (QED) is 0.491. The summed E-state index contributed by atoms with van der Waals surface area (Å²) in [6, 6.07) is 18.0. The molecule has 0 aromatic heterocycles. The number of rotatable bonds is 9. The van der Waals surface area contributed by atoms with E-state index in [0.717, 1.165) is 25.2 Å². The van der Waals surface area contributed by atoms with Gasteiger partial charge in [-0.25, -0.2) is 0 Å². The Balaban J connectivity index is 1.96. The monoisotopic (exact) mass is 379 g/mol. The highest BCUT2D eigenvalue weighted by molar-refractivity contribution is 5.81. The summed E-state index contributed by atoms with van der Waals surface area (Å²) in [5.41, 5.74) is 11.8. The van der Waals surface area contributed by atoms with Gasteiger partial charge in [-0.1, -0.05) is 83.1 Å². The van der Waals surface area contributed by atoms with Crippen molar-refractivity contribution in [2.75, 3.05) is 6.54 Å². The van der Waals surface area contributed by atoms with Crippen molar-refractivity contribution in [1.82, 2.24) is 0 Å². The number of nitrogens with one attached hydrogen (secondary N) is 1. The van der Waals surface area contributed by atoms with Gasteiger partial charge in [-0.3, -0.25) is 10.7 Å². The number of benzene rings is 2. The van der Waals surface area contributed by atoms with E-state index in [0.29, 0.717) is 17.8 Å². The molecular weight excluding hydrogens is 340 g/mol. The van der Waals surface area contributed by atoms with Gasteiger partial charge in [0.25, 0.3) is 0 Å². The molecule has 0 saturated heterocycles. The first-order valence-electron chi connectivity index (χ1n) is 10.8. The largest absolute Gasteiger partial charge is 0.291 e. The molecule has 0 unspecified atom stereocenters. The second kappa shape index (κ2) is 10.5. The van der Waals surface area contributed by atoms with E-state index in [1.807, 2.05) is 0 Å². The van der Waals surface area contributed by atoms with Crippen LogP contribution in [-0.2, 0) is 12.8 Å². The van der Waals surface area contributed by atoms with E-state index in [1.54, 1.807) is 0 Å². The lowest BCUT2D eigenvalue weighted by molar-refractivity contribution is -0.463. The molecule has 0 bridgehead atoms. The molecule has 28 heavy (non-hydrogen) atoms. The molecule has 2 heteroatoms. The van der Waals surface area contributed by atoms with E-state index in [4.69, 9.17) is 5.73 Å². The number of hydrogen-bond donors (Lipinski definition) is 2. The zero-order valence-corrected chi connectivity index (χ0v) is 18.6. The second-order valence-corrected chi connectivity index (χ2v) is 9.14. The van der Waals surface area contributed by atoms with Crippen molar-refractivity contribution in [3.8, 4) is 0 Å². The van der Waals surface area contributed by atoms with E-state index in [9.17, 15) is 0 Å². The van der Waals surface area contributed by atoms with Crippen LogP contribution in [0.2, 0.25) is 0 Å². The topological polar surface area (TPSA) is 40.0 Å². The van der Waals surface area contributed by atoms with Gasteiger partial charge in [0.1, 0.15) is 0 Å². The van der Waals surface area contributed by atoms with Crippen molar-refractivity contribution in [2.24, 2.45) is 17.6 Å². The van der Waals surface area contributed by atoms with Crippen LogP contribution in [0.25, 0.3) is 0 Å². The maximum absolute atomic E-state index is 6.38. The van der Waals surface area contributed by atoms with Crippen molar-refractivity contribution in [1.29, 1.82) is 0 Å². The Bertz CT molecular complexity index is 739. The summed E-state index contributed by atoms with van der Waals surface area (Å²) in [5.74, 6) is 2.85. The highest BCUT2D eigenvalue weighted by Crippen LogP contribution is 2.18. The van der Waals surface area contributed by atoms with Crippen molar-refractivity contribution in [3.63, 3.8) is 0 Å². The average molecular weight is 380 g/mol. The fourth-order valence-electron chi connectivity index (χ4n) is 3.59. The first-order chi connectivity index (χ1) is 13.3. The molecule has 3 N–H and O–H groups in total. The molecule has 0 spiro atoms. The van der Waals surface area contributed by atoms with E-state index >= 15 is 0 Å². The Morgan fingerprint density at radius 3 is 1.57 bits per heavy atom. The molecule has 2 atom stereocenters. The maximum Gasteiger partial charge on any atom is 0.247 e. The minimum absolute atomic E-state index is 0.203. The zero-order chi connectivity index (χ0) is 20.7. The molecule has 0 saturated carbocycles. The normalized spacial score (nSPS) is 14.5. The van der Waals surface area contributed by atoms with Gasteiger partial charge in [-0.15, -0.1) is 0 Å². The van der Waals surface area contributed by atoms with Crippen LogP contribution in [0.5, 0.6) is 0 Å². The summed E-state index contributed by atoms with van der Waals surface area (Å²) < 4.78 is 0. The second-order valence-electron chi connectivity index (χ2n) is 9.14. The maximum atomic E-state index is 6.38. The van der Waals surface area contributed by atoms with E-state index < -0.39 is 0 Å². The molecule has 0 fully saturated rings. The highest BCUT2D eigenvalue weighted by Gasteiger charge is 2.16. The molecule has 0 heterocycles. The van der Waals surface area contributed by atoms with Crippen molar-refractivity contribution < 1.29 is 4.99 Å². The van der Waals surface area contributed by atoms with Crippen molar-refractivity contribution in [2.45, 2.75) is 66.2 Å². The molecule has 0 aliphatic carbocycles. The third-order valence-corrected chi connectivity index (χ3v) is 5.40.